The molecule has 0 bridgehead atoms. The molecule has 262 valence electrons. The lowest BCUT2D eigenvalue weighted by Crippen LogP contribution is -2.54. The molecule has 0 radical (unpaired) electrons. The van der Waals surface area contributed by atoms with E-state index >= 15 is 0 Å². The topological polar surface area (TPSA) is 110 Å². The van der Waals surface area contributed by atoms with Gasteiger partial charge in [0.15, 0.2) is 0 Å². The summed E-state index contributed by atoms with van der Waals surface area (Å²) in [5.41, 5.74) is -1.61. The summed E-state index contributed by atoms with van der Waals surface area (Å²) >= 11 is 0. The van der Waals surface area contributed by atoms with Crippen LogP contribution in [0.4, 0.5) is 29.9 Å². The second-order valence-corrected chi connectivity index (χ2v) is 15.8. The molecule has 16 heteroatoms. The van der Waals surface area contributed by atoms with Crippen LogP contribution in [0, 0.1) is 0 Å². The number of anilines is 1. The van der Waals surface area contributed by atoms with Gasteiger partial charge in [-0.3, -0.25) is 24.4 Å². The van der Waals surface area contributed by atoms with Gasteiger partial charge in [-0.15, -0.1) is 0 Å². The van der Waals surface area contributed by atoms with E-state index in [-0.39, 0.29) is 42.4 Å². The summed E-state index contributed by atoms with van der Waals surface area (Å²) in [6.07, 6.45) is 2.12. The third-order valence-corrected chi connectivity index (χ3v) is 9.02. The summed E-state index contributed by atoms with van der Waals surface area (Å²) in [6.45, 7) is 8.92. The maximum Gasteiger partial charge on any atom is 0.411 e. The number of benzene rings is 1. The SMILES string of the molecule is CO[C@@H]1C[C@H](C(=O)N(c2ccc(S(F)(F)(F)(F)F)cc2)C(C(=O)NC2CCOC(C)(C)C2)c2cccnc2)N(C(=O)OC(C)(C)C)C1. The van der Waals surface area contributed by atoms with Crippen LogP contribution in [-0.4, -0.2) is 77.4 Å². The molecule has 10 nitrogen and oxygen atoms in total. The first-order valence-electron chi connectivity index (χ1n) is 15.0. The Labute approximate surface area is 270 Å². The van der Waals surface area contributed by atoms with Crippen molar-refractivity contribution >= 4 is 33.8 Å². The van der Waals surface area contributed by atoms with Crippen molar-refractivity contribution < 1.29 is 48.0 Å². The molecule has 4 rings (SSSR count). The average molecular weight is 693 g/mol. The number of aromatic nitrogens is 1. The lowest BCUT2D eigenvalue weighted by molar-refractivity contribution is -0.130. The van der Waals surface area contributed by atoms with Crippen molar-refractivity contribution in [3.8, 4) is 0 Å². The number of nitrogens with one attached hydrogen (secondary N) is 1. The Hall–Kier alpha value is -3.50. The minimum atomic E-state index is -10.1. The molecule has 1 N–H and O–H groups in total. The van der Waals surface area contributed by atoms with Crippen molar-refractivity contribution in [2.45, 2.75) is 94.2 Å². The molecule has 2 aromatic rings. The first-order chi connectivity index (χ1) is 21.5. The number of rotatable bonds is 8. The molecule has 2 saturated heterocycles. The zero-order valence-corrected chi connectivity index (χ0v) is 27.9. The molecule has 4 atom stereocenters. The molecule has 3 amide bonds. The number of likely N-dealkylation sites (tertiary alicyclic amines) is 1. The molecule has 2 fully saturated rings. The zero-order valence-electron chi connectivity index (χ0n) is 27.1. The molecule has 1 aromatic heterocycles. The fourth-order valence-corrected chi connectivity index (χ4v) is 6.39. The van der Waals surface area contributed by atoms with Gasteiger partial charge >= 0.3 is 16.3 Å². The van der Waals surface area contributed by atoms with E-state index in [1.165, 1.54) is 31.6 Å². The highest BCUT2D eigenvalue weighted by atomic mass is 32.5. The average Bonchev–Trinajstić information content (AvgIpc) is 3.38. The van der Waals surface area contributed by atoms with Crippen LogP contribution in [0.2, 0.25) is 0 Å². The smallest absolute Gasteiger partial charge is 0.411 e. The quantitative estimate of drug-likeness (QED) is 0.300. The van der Waals surface area contributed by atoms with Gasteiger partial charge in [-0.25, -0.2) is 4.79 Å². The van der Waals surface area contributed by atoms with E-state index in [1.807, 2.05) is 13.8 Å². The third kappa shape index (κ3) is 9.11. The number of carbonyl (C=O) groups is 3. The summed E-state index contributed by atoms with van der Waals surface area (Å²) in [6, 6.07) is 1.57. The maximum absolute atomic E-state index is 14.6. The second-order valence-electron chi connectivity index (χ2n) is 13.4. The van der Waals surface area contributed by atoms with Crippen LogP contribution < -0.4 is 10.2 Å². The van der Waals surface area contributed by atoms with Crippen LogP contribution >= 0.6 is 10.2 Å². The summed E-state index contributed by atoms with van der Waals surface area (Å²) < 4.78 is 85.1. The fourth-order valence-electron chi connectivity index (χ4n) is 5.74. The Bertz CT molecular complexity index is 1470. The van der Waals surface area contributed by atoms with Crippen molar-refractivity contribution in [1.29, 1.82) is 0 Å². The predicted molar refractivity (Wildman–Crippen MR) is 166 cm³/mol. The van der Waals surface area contributed by atoms with Gasteiger partial charge < -0.3 is 19.5 Å². The van der Waals surface area contributed by atoms with Crippen LogP contribution in [0.3, 0.4) is 0 Å². The lowest BCUT2D eigenvalue weighted by Gasteiger charge is -2.41. The Morgan fingerprint density at radius 2 is 1.77 bits per heavy atom. The summed E-state index contributed by atoms with van der Waals surface area (Å²) in [7, 11) is -8.69. The molecule has 0 saturated carbocycles. The summed E-state index contributed by atoms with van der Waals surface area (Å²) in [5.74, 6) is -1.57. The molecule has 2 unspecified atom stereocenters. The Morgan fingerprint density at radius 3 is 2.30 bits per heavy atom. The van der Waals surface area contributed by atoms with E-state index in [2.05, 4.69) is 10.3 Å². The Morgan fingerprint density at radius 1 is 1.11 bits per heavy atom. The number of methoxy groups -OCH3 is 1. The molecule has 2 aliphatic rings. The standard InChI is InChI=1S/C31H41F5N4O6S/c1-30(2,3)46-29(43)39-19-23(44-6)16-25(39)28(42)40(22-9-11-24(12-10-22)47(32,33,34,35)36)26(20-8-7-14-37-18-20)27(41)38-21-13-15-45-31(4,5)17-21/h7-12,14,18,21,23,25-26H,13,15-17,19H2,1-6H3,(H,38,41)/t21?,23-,25-,26?/m1/s1. The normalized spacial score (nSPS) is 23.6. The van der Waals surface area contributed by atoms with Crippen LogP contribution in [0.15, 0.2) is 53.7 Å². The first-order valence-corrected chi connectivity index (χ1v) is 17.0. The van der Waals surface area contributed by atoms with E-state index in [4.69, 9.17) is 14.2 Å². The van der Waals surface area contributed by atoms with Crippen LogP contribution in [0.1, 0.15) is 65.5 Å². The minimum absolute atomic E-state index is 0.0375. The van der Waals surface area contributed by atoms with Crippen LogP contribution in [0.25, 0.3) is 0 Å². The van der Waals surface area contributed by atoms with Gasteiger partial charge in [0.25, 0.3) is 5.91 Å². The Kier molecular flexibility index (Phi) is 9.42. The van der Waals surface area contributed by atoms with Crippen LogP contribution in [0.5, 0.6) is 0 Å². The van der Waals surface area contributed by atoms with Crippen molar-refractivity contribution in [2.75, 3.05) is 25.2 Å². The van der Waals surface area contributed by atoms with Gasteiger partial charge in [-0.2, -0.15) is 0 Å². The third-order valence-electron chi connectivity index (χ3n) is 7.86. The number of hydrogen-bond acceptors (Lipinski definition) is 7. The van der Waals surface area contributed by atoms with Crippen molar-refractivity contribution in [1.82, 2.24) is 15.2 Å². The number of amides is 3. The van der Waals surface area contributed by atoms with E-state index in [1.54, 1.807) is 20.8 Å². The highest BCUT2D eigenvalue weighted by molar-refractivity contribution is 8.45. The van der Waals surface area contributed by atoms with Gasteiger partial charge in [0.2, 0.25) is 5.91 Å². The molecule has 2 aliphatic heterocycles. The molecule has 1 aromatic carbocycles. The van der Waals surface area contributed by atoms with Crippen molar-refractivity contribution in [2.24, 2.45) is 0 Å². The van der Waals surface area contributed by atoms with E-state index in [9.17, 15) is 33.8 Å². The van der Waals surface area contributed by atoms with E-state index in [0.717, 1.165) is 9.80 Å². The van der Waals surface area contributed by atoms with Crippen molar-refractivity contribution in [3.05, 3.63) is 54.4 Å². The van der Waals surface area contributed by atoms with Gasteiger partial charge in [-0.1, -0.05) is 25.5 Å². The molecule has 0 aliphatic carbocycles. The van der Waals surface area contributed by atoms with Gasteiger partial charge in [0, 0.05) is 49.8 Å². The fraction of sp³-hybridized carbons (Fsp3) is 0.548. The number of ether oxygens (including phenoxy) is 3. The van der Waals surface area contributed by atoms with Crippen LogP contribution in [-0.2, 0) is 23.8 Å². The summed E-state index contributed by atoms with van der Waals surface area (Å²) in [5, 5.41) is 2.94. The molecular weight excluding hydrogens is 651 g/mol. The maximum atomic E-state index is 14.6. The second kappa shape index (κ2) is 12.2. The highest BCUT2D eigenvalue weighted by Gasteiger charge is 2.65. The van der Waals surface area contributed by atoms with E-state index in [0.29, 0.717) is 31.6 Å². The lowest BCUT2D eigenvalue weighted by atomic mass is 9.93. The number of halogens is 5. The zero-order chi connectivity index (χ0) is 35.1. The van der Waals surface area contributed by atoms with Gasteiger partial charge in [-0.05, 0) is 77.8 Å². The first kappa shape index (κ1) is 36.3. The highest BCUT2D eigenvalue weighted by Crippen LogP contribution is 3.02. The van der Waals surface area contributed by atoms with E-state index < -0.39 is 62.4 Å². The van der Waals surface area contributed by atoms with Crippen molar-refractivity contribution in [3.63, 3.8) is 0 Å². The molecule has 3 heterocycles. The minimum Gasteiger partial charge on any atom is -0.444 e. The number of hydrogen-bond donors (Lipinski definition) is 1. The van der Waals surface area contributed by atoms with Gasteiger partial charge in [0.1, 0.15) is 22.6 Å². The summed E-state index contributed by atoms with van der Waals surface area (Å²) in [4.78, 5) is 46.1. The molecular formula is C31H41F5N4O6S. The molecule has 47 heavy (non-hydrogen) atoms. The number of pyridine rings is 1. The number of carbonyl (C=O) groups excluding carboxylic acids is 3. The largest absolute Gasteiger partial charge is 0.444 e. The monoisotopic (exact) mass is 692 g/mol. The Balaban J connectivity index is 1.84. The molecule has 0 spiro atoms. The van der Waals surface area contributed by atoms with Gasteiger partial charge in [0.05, 0.1) is 18.2 Å². The number of nitrogens with zero attached hydrogens (tertiary/aromatic N) is 3. The predicted octanol–water partition coefficient (Wildman–Crippen LogP) is 6.91.